The number of thiazole rings is 1. The van der Waals surface area contributed by atoms with Crippen LogP contribution >= 0.6 is 11.3 Å². The van der Waals surface area contributed by atoms with Crippen LogP contribution in [0.1, 0.15) is 16.1 Å². The van der Waals surface area contributed by atoms with Crippen molar-refractivity contribution in [3.8, 4) is 17.2 Å². The van der Waals surface area contributed by atoms with Crippen molar-refractivity contribution in [2.24, 2.45) is 0 Å². The molecule has 0 radical (unpaired) electrons. The molecule has 0 aliphatic rings. The van der Waals surface area contributed by atoms with Gasteiger partial charge in [-0.3, -0.25) is 4.79 Å². The van der Waals surface area contributed by atoms with E-state index < -0.39 is 5.82 Å². The minimum Gasteiger partial charge on any atom is -0.493 e. The number of hydrogen-bond donors (Lipinski definition) is 0. The maximum atomic E-state index is 13.6. The topological polar surface area (TPSA) is 60.9 Å². The molecule has 152 valence electrons. The summed E-state index contributed by atoms with van der Waals surface area (Å²) in [5, 5.41) is 1.91. The highest BCUT2D eigenvalue weighted by Gasteiger charge is 2.15. The standard InChI is InChI=1S/C21H21FN2O4S/c1-24(9-10-27-18-6-4-3-5-17(18)22)21(25)15-7-8-19(20(11-15)26-2)28-12-16-13-29-14-23-16/h3-8,11,13-14H,9-10,12H2,1-2H3. The number of para-hydroxylation sites is 1. The number of nitrogens with zero attached hydrogens (tertiary/aromatic N) is 2. The molecule has 0 fully saturated rings. The van der Waals surface area contributed by atoms with Gasteiger partial charge in [0, 0.05) is 18.0 Å². The third kappa shape index (κ3) is 5.45. The van der Waals surface area contributed by atoms with E-state index in [9.17, 15) is 9.18 Å². The van der Waals surface area contributed by atoms with E-state index >= 15 is 0 Å². The van der Waals surface area contributed by atoms with Crippen LogP contribution < -0.4 is 14.2 Å². The first kappa shape index (κ1) is 20.6. The third-order valence-electron chi connectivity index (χ3n) is 4.14. The lowest BCUT2D eigenvalue weighted by Crippen LogP contribution is -2.31. The van der Waals surface area contributed by atoms with Crippen LogP contribution in [-0.4, -0.2) is 43.1 Å². The van der Waals surface area contributed by atoms with E-state index in [-0.39, 0.29) is 18.3 Å². The number of amides is 1. The summed E-state index contributed by atoms with van der Waals surface area (Å²) in [6.45, 7) is 0.799. The van der Waals surface area contributed by atoms with Crippen molar-refractivity contribution >= 4 is 17.2 Å². The number of aromatic nitrogens is 1. The highest BCUT2D eigenvalue weighted by molar-refractivity contribution is 7.07. The highest BCUT2D eigenvalue weighted by atomic mass is 32.1. The zero-order chi connectivity index (χ0) is 20.6. The van der Waals surface area contributed by atoms with Crippen LogP contribution in [0.15, 0.2) is 53.4 Å². The first-order valence-corrected chi connectivity index (χ1v) is 9.83. The van der Waals surface area contributed by atoms with Crippen LogP contribution in [0.3, 0.4) is 0 Å². The molecule has 6 nitrogen and oxygen atoms in total. The molecule has 0 bridgehead atoms. The lowest BCUT2D eigenvalue weighted by Gasteiger charge is -2.18. The summed E-state index contributed by atoms with van der Waals surface area (Å²) in [4.78, 5) is 18.3. The highest BCUT2D eigenvalue weighted by Crippen LogP contribution is 2.29. The molecule has 3 rings (SSSR count). The largest absolute Gasteiger partial charge is 0.493 e. The Bertz CT molecular complexity index is 950. The molecule has 0 saturated carbocycles. The summed E-state index contributed by atoms with van der Waals surface area (Å²) in [6, 6.07) is 11.2. The van der Waals surface area contributed by atoms with Crippen molar-refractivity contribution in [3.05, 3.63) is 70.4 Å². The van der Waals surface area contributed by atoms with E-state index in [0.29, 0.717) is 30.2 Å². The van der Waals surface area contributed by atoms with Crippen LogP contribution in [0.5, 0.6) is 17.2 Å². The maximum Gasteiger partial charge on any atom is 0.253 e. The number of carbonyl (C=O) groups is 1. The summed E-state index contributed by atoms with van der Waals surface area (Å²) in [5.74, 6) is 0.521. The van der Waals surface area contributed by atoms with E-state index in [4.69, 9.17) is 14.2 Å². The van der Waals surface area contributed by atoms with Crippen LogP contribution in [0, 0.1) is 5.82 Å². The fourth-order valence-electron chi connectivity index (χ4n) is 2.56. The zero-order valence-corrected chi connectivity index (χ0v) is 16.9. The number of likely N-dealkylation sites (N-methyl/N-ethyl adjacent to an activating group) is 1. The Morgan fingerprint density at radius 3 is 2.69 bits per heavy atom. The van der Waals surface area contributed by atoms with Crippen molar-refractivity contribution in [1.82, 2.24) is 9.88 Å². The number of rotatable bonds is 9. The van der Waals surface area contributed by atoms with Gasteiger partial charge >= 0.3 is 0 Å². The third-order valence-corrected chi connectivity index (χ3v) is 4.77. The molecule has 0 aliphatic carbocycles. The number of methoxy groups -OCH3 is 1. The van der Waals surface area contributed by atoms with Gasteiger partial charge in [0.05, 0.1) is 24.9 Å². The van der Waals surface area contributed by atoms with Crippen LogP contribution in [0.25, 0.3) is 0 Å². The number of benzene rings is 2. The molecule has 2 aromatic carbocycles. The van der Waals surface area contributed by atoms with Crippen LogP contribution in [-0.2, 0) is 6.61 Å². The number of carbonyl (C=O) groups excluding carboxylic acids is 1. The molecule has 1 amide bonds. The maximum absolute atomic E-state index is 13.6. The average molecular weight is 416 g/mol. The Balaban J connectivity index is 1.58. The van der Waals surface area contributed by atoms with Gasteiger partial charge in [0.15, 0.2) is 23.1 Å². The molecule has 0 spiro atoms. The fourth-order valence-corrected chi connectivity index (χ4v) is 3.10. The summed E-state index contributed by atoms with van der Waals surface area (Å²) >= 11 is 1.50. The number of halogens is 1. The van der Waals surface area contributed by atoms with Gasteiger partial charge in [-0.2, -0.15) is 0 Å². The van der Waals surface area contributed by atoms with Crippen molar-refractivity contribution in [1.29, 1.82) is 0 Å². The Morgan fingerprint density at radius 2 is 1.97 bits per heavy atom. The molecular formula is C21H21FN2O4S. The SMILES string of the molecule is COc1cc(C(=O)N(C)CCOc2ccccc2F)ccc1OCc1cscn1. The molecule has 8 heteroatoms. The average Bonchev–Trinajstić information content (AvgIpc) is 3.26. The molecule has 0 aliphatic heterocycles. The predicted molar refractivity (Wildman–Crippen MR) is 108 cm³/mol. The van der Waals surface area contributed by atoms with Gasteiger partial charge < -0.3 is 19.1 Å². The van der Waals surface area contributed by atoms with Gasteiger partial charge in [-0.05, 0) is 30.3 Å². The van der Waals surface area contributed by atoms with Gasteiger partial charge in [0.1, 0.15) is 13.2 Å². The van der Waals surface area contributed by atoms with E-state index in [2.05, 4.69) is 4.98 Å². The second-order valence-corrected chi connectivity index (χ2v) is 6.86. The van der Waals surface area contributed by atoms with Gasteiger partial charge in [0.25, 0.3) is 5.91 Å². The fraction of sp³-hybridized carbons (Fsp3) is 0.238. The molecule has 0 saturated heterocycles. The smallest absolute Gasteiger partial charge is 0.253 e. The predicted octanol–water partition coefficient (Wildman–Crippen LogP) is 4.02. The van der Waals surface area contributed by atoms with E-state index in [1.165, 1.54) is 29.4 Å². The van der Waals surface area contributed by atoms with Gasteiger partial charge in [0.2, 0.25) is 0 Å². The van der Waals surface area contributed by atoms with Gasteiger partial charge in [-0.1, -0.05) is 12.1 Å². The minimum atomic E-state index is -0.431. The van der Waals surface area contributed by atoms with Crippen molar-refractivity contribution < 1.29 is 23.4 Å². The van der Waals surface area contributed by atoms with E-state index in [0.717, 1.165) is 5.69 Å². The second kappa shape index (κ2) is 9.88. The Morgan fingerprint density at radius 1 is 1.14 bits per heavy atom. The molecule has 1 aromatic heterocycles. The quantitative estimate of drug-likeness (QED) is 0.527. The normalized spacial score (nSPS) is 10.4. The second-order valence-electron chi connectivity index (χ2n) is 6.14. The summed E-state index contributed by atoms with van der Waals surface area (Å²) in [6.07, 6.45) is 0. The molecule has 29 heavy (non-hydrogen) atoms. The Labute approximate surface area is 172 Å². The Kier molecular flexibility index (Phi) is 7.02. The van der Waals surface area contributed by atoms with Crippen LogP contribution in [0.2, 0.25) is 0 Å². The lowest BCUT2D eigenvalue weighted by molar-refractivity contribution is 0.0772. The lowest BCUT2D eigenvalue weighted by atomic mass is 10.1. The first-order valence-electron chi connectivity index (χ1n) is 8.89. The molecule has 0 N–H and O–H groups in total. The minimum absolute atomic E-state index is 0.164. The van der Waals surface area contributed by atoms with Crippen LogP contribution in [0.4, 0.5) is 4.39 Å². The van der Waals surface area contributed by atoms with Gasteiger partial charge in [-0.25, -0.2) is 9.37 Å². The monoisotopic (exact) mass is 416 g/mol. The zero-order valence-electron chi connectivity index (χ0n) is 16.1. The van der Waals surface area contributed by atoms with E-state index in [1.807, 2.05) is 5.38 Å². The summed E-state index contributed by atoms with van der Waals surface area (Å²) in [7, 11) is 3.18. The molecular weight excluding hydrogens is 395 g/mol. The molecule has 0 unspecified atom stereocenters. The van der Waals surface area contributed by atoms with E-state index in [1.54, 1.807) is 49.0 Å². The Hall–Kier alpha value is -3.13. The summed E-state index contributed by atoms with van der Waals surface area (Å²) in [5.41, 5.74) is 3.02. The van der Waals surface area contributed by atoms with Crippen molar-refractivity contribution in [3.63, 3.8) is 0 Å². The molecule has 1 heterocycles. The van der Waals surface area contributed by atoms with Crippen molar-refractivity contribution in [2.75, 3.05) is 27.3 Å². The first-order chi connectivity index (χ1) is 14.1. The number of ether oxygens (including phenoxy) is 3. The molecule has 3 aromatic rings. The van der Waals surface area contributed by atoms with Gasteiger partial charge in [-0.15, -0.1) is 11.3 Å². The number of hydrogen-bond acceptors (Lipinski definition) is 6. The summed E-state index contributed by atoms with van der Waals surface area (Å²) < 4.78 is 30.1. The van der Waals surface area contributed by atoms with Crippen molar-refractivity contribution in [2.45, 2.75) is 6.61 Å². The molecule has 0 atom stereocenters.